The van der Waals surface area contributed by atoms with Crippen molar-refractivity contribution in [2.24, 2.45) is 5.73 Å². The Kier molecular flexibility index (Phi) is 7.24. The summed E-state index contributed by atoms with van der Waals surface area (Å²) < 4.78 is 27.7. The first-order chi connectivity index (χ1) is 6.06. The Morgan fingerprint density at radius 3 is 1.86 bits per heavy atom. The van der Waals surface area contributed by atoms with Gasteiger partial charge in [-0.2, -0.15) is 8.42 Å². The van der Waals surface area contributed by atoms with Crippen LogP contribution in [-0.2, 0) is 14.9 Å². The zero-order valence-corrected chi connectivity index (χ0v) is 8.91. The van der Waals surface area contributed by atoms with Crippen molar-refractivity contribution in [1.29, 1.82) is 0 Å². The van der Waals surface area contributed by atoms with Crippen LogP contribution in [0.4, 0.5) is 0 Å². The van der Waals surface area contributed by atoms with Crippen LogP contribution in [0.1, 0.15) is 13.8 Å². The third kappa shape index (κ3) is 17.2. The highest BCUT2D eigenvalue weighted by Gasteiger charge is 2.07. The number of hydrogen-bond acceptors (Lipinski definition) is 4. The number of carbonyl (C=O) groups excluding carboxylic acids is 1. The lowest BCUT2D eigenvalue weighted by atomic mass is 10.3. The molecule has 0 aromatic carbocycles. The predicted molar refractivity (Wildman–Crippen MR) is 52.1 cm³/mol. The molecule has 0 fully saturated rings. The summed E-state index contributed by atoms with van der Waals surface area (Å²) in [6.45, 7) is 6.14. The van der Waals surface area contributed by atoms with Crippen LogP contribution in [-0.4, -0.2) is 35.8 Å². The predicted octanol–water partition coefficient (Wildman–Crippen LogP) is -0.697. The van der Waals surface area contributed by atoms with Gasteiger partial charge in [-0.05, 0) is 13.8 Å². The fraction of sp³-hybridized carbons (Fsp3) is 0.571. The molecule has 0 aliphatic carbocycles. The molecule has 0 saturated carbocycles. The van der Waals surface area contributed by atoms with E-state index in [0.717, 1.165) is 0 Å². The lowest BCUT2D eigenvalue weighted by Crippen LogP contribution is -2.16. The van der Waals surface area contributed by atoms with Crippen LogP contribution in [0.25, 0.3) is 0 Å². The molecular weight excluding hydrogens is 210 g/mol. The molecule has 14 heavy (non-hydrogen) atoms. The first kappa shape index (κ1) is 15.5. The molecule has 0 aliphatic rings. The van der Waals surface area contributed by atoms with Crippen molar-refractivity contribution in [3.05, 3.63) is 12.2 Å². The van der Waals surface area contributed by atoms with Gasteiger partial charge in [0.1, 0.15) is 5.75 Å². The van der Waals surface area contributed by atoms with Crippen LogP contribution in [0.15, 0.2) is 12.2 Å². The minimum Gasteiger partial charge on any atom is -0.392 e. The zero-order valence-electron chi connectivity index (χ0n) is 8.10. The Labute approximate surface area is 83.2 Å². The van der Waals surface area contributed by atoms with Crippen LogP contribution >= 0.6 is 0 Å². The minimum atomic E-state index is -3.97. The fourth-order valence-corrected chi connectivity index (χ4v) is 0.914. The maximum Gasteiger partial charge on any atom is 0.267 e. The second-order valence-corrected chi connectivity index (χ2v) is 4.24. The second kappa shape index (κ2) is 6.52. The lowest BCUT2D eigenvalue weighted by Gasteiger charge is -1.97. The molecule has 84 valence electrons. The van der Waals surface area contributed by atoms with Gasteiger partial charge in [0.15, 0.2) is 0 Å². The van der Waals surface area contributed by atoms with Crippen molar-refractivity contribution in [2.45, 2.75) is 20.0 Å². The molecule has 1 atom stereocenters. The quantitative estimate of drug-likeness (QED) is 0.433. The molecule has 0 aromatic rings. The normalized spacial score (nSPS) is 12.3. The summed E-state index contributed by atoms with van der Waals surface area (Å²) in [4.78, 5) is 9.82. The standard InChI is InChI=1S/C4H7NO.C3H8O4S/c1-3(2)4(5)6;1-3(4)2-8(5,6)7/h1H2,2H3,(H2,5,6);3-4H,2H2,1H3,(H,5,6,7). The van der Waals surface area contributed by atoms with E-state index in [1.165, 1.54) is 6.92 Å². The highest BCUT2D eigenvalue weighted by Crippen LogP contribution is 1.86. The molecule has 0 spiro atoms. The molecule has 0 radical (unpaired) electrons. The van der Waals surface area contributed by atoms with Gasteiger partial charge in [0.25, 0.3) is 10.1 Å². The van der Waals surface area contributed by atoms with E-state index in [2.05, 4.69) is 6.58 Å². The molecule has 0 aliphatic heterocycles. The highest BCUT2D eigenvalue weighted by molar-refractivity contribution is 7.85. The minimum absolute atomic E-state index is 0.398. The summed E-state index contributed by atoms with van der Waals surface area (Å²) in [6.07, 6.45) is -0.995. The molecule has 0 heterocycles. The fourth-order valence-electron chi connectivity index (χ4n) is 0.305. The summed E-state index contributed by atoms with van der Waals surface area (Å²) in [7, 11) is -3.97. The van der Waals surface area contributed by atoms with Crippen molar-refractivity contribution in [3.8, 4) is 0 Å². The Hall–Kier alpha value is -0.920. The van der Waals surface area contributed by atoms with Gasteiger partial charge < -0.3 is 10.8 Å². The molecule has 7 heteroatoms. The number of aliphatic hydroxyl groups is 1. The molecule has 0 aromatic heterocycles. The van der Waals surface area contributed by atoms with E-state index in [0.29, 0.717) is 5.57 Å². The van der Waals surface area contributed by atoms with E-state index in [1.807, 2.05) is 0 Å². The average molecular weight is 225 g/mol. The van der Waals surface area contributed by atoms with Crippen molar-refractivity contribution >= 4 is 16.0 Å². The van der Waals surface area contributed by atoms with E-state index in [-0.39, 0.29) is 0 Å². The van der Waals surface area contributed by atoms with Crippen molar-refractivity contribution in [1.82, 2.24) is 0 Å². The van der Waals surface area contributed by atoms with Crippen LogP contribution in [0.3, 0.4) is 0 Å². The number of hydrogen-bond donors (Lipinski definition) is 3. The van der Waals surface area contributed by atoms with Gasteiger partial charge in [-0.15, -0.1) is 0 Å². The van der Waals surface area contributed by atoms with Gasteiger partial charge >= 0.3 is 0 Å². The monoisotopic (exact) mass is 225 g/mol. The number of primary amides is 1. The smallest absolute Gasteiger partial charge is 0.267 e. The second-order valence-electron chi connectivity index (χ2n) is 2.74. The van der Waals surface area contributed by atoms with Gasteiger partial charge in [-0.3, -0.25) is 9.35 Å². The third-order valence-electron chi connectivity index (χ3n) is 0.872. The first-order valence-electron chi connectivity index (χ1n) is 3.64. The van der Waals surface area contributed by atoms with Crippen LogP contribution in [0.5, 0.6) is 0 Å². The number of carbonyl (C=O) groups is 1. The van der Waals surface area contributed by atoms with E-state index >= 15 is 0 Å². The Morgan fingerprint density at radius 1 is 1.57 bits per heavy atom. The van der Waals surface area contributed by atoms with Crippen molar-refractivity contribution in [3.63, 3.8) is 0 Å². The molecule has 4 N–H and O–H groups in total. The average Bonchev–Trinajstić information content (AvgIpc) is 1.81. The third-order valence-corrected chi connectivity index (χ3v) is 1.78. The maximum absolute atomic E-state index is 9.84. The van der Waals surface area contributed by atoms with Crippen molar-refractivity contribution in [2.75, 3.05) is 5.75 Å². The van der Waals surface area contributed by atoms with E-state index in [9.17, 15) is 13.2 Å². The molecule has 0 rings (SSSR count). The molecule has 6 nitrogen and oxygen atoms in total. The number of amides is 1. The molecule has 0 bridgehead atoms. The summed E-state index contributed by atoms with van der Waals surface area (Å²) >= 11 is 0. The Morgan fingerprint density at radius 2 is 1.86 bits per heavy atom. The van der Waals surface area contributed by atoms with Crippen LogP contribution in [0.2, 0.25) is 0 Å². The summed E-state index contributed by atoms with van der Waals surface area (Å²) in [5, 5.41) is 8.35. The molecule has 1 amide bonds. The van der Waals surface area contributed by atoms with E-state index in [1.54, 1.807) is 6.92 Å². The SMILES string of the molecule is C=C(C)C(N)=O.CC(O)CS(=O)(=O)O. The Balaban J connectivity index is 0. The molecular formula is C7H15NO5S. The summed E-state index contributed by atoms with van der Waals surface area (Å²) in [5.74, 6) is -1.03. The summed E-state index contributed by atoms with van der Waals surface area (Å²) in [5.41, 5.74) is 5.09. The van der Waals surface area contributed by atoms with Crippen LogP contribution < -0.4 is 5.73 Å². The van der Waals surface area contributed by atoms with Gasteiger partial charge in [0.05, 0.1) is 6.10 Å². The topological polar surface area (TPSA) is 118 Å². The highest BCUT2D eigenvalue weighted by atomic mass is 32.2. The number of rotatable bonds is 3. The molecule has 1 unspecified atom stereocenters. The zero-order chi connectivity index (χ0) is 11.9. The van der Waals surface area contributed by atoms with E-state index in [4.69, 9.17) is 15.4 Å². The van der Waals surface area contributed by atoms with Gasteiger partial charge in [0.2, 0.25) is 5.91 Å². The van der Waals surface area contributed by atoms with Gasteiger partial charge in [-0.1, -0.05) is 6.58 Å². The summed E-state index contributed by atoms with van der Waals surface area (Å²) in [6, 6.07) is 0. The lowest BCUT2D eigenvalue weighted by molar-refractivity contribution is -0.114. The Bertz CT molecular complexity index is 281. The number of aliphatic hydroxyl groups excluding tert-OH is 1. The van der Waals surface area contributed by atoms with Gasteiger partial charge in [0, 0.05) is 5.57 Å². The molecule has 0 saturated heterocycles. The largest absolute Gasteiger partial charge is 0.392 e. The van der Waals surface area contributed by atoms with Crippen molar-refractivity contribution < 1.29 is 22.9 Å². The first-order valence-corrected chi connectivity index (χ1v) is 5.25. The maximum atomic E-state index is 9.84. The number of nitrogens with two attached hydrogens (primary N) is 1. The van der Waals surface area contributed by atoms with Crippen LogP contribution in [0, 0.1) is 0 Å². The van der Waals surface area contributed by atoms with E-state index < -0.39 is 27.9 Å². The van der Waals surface area contributed by atoms with Gasteiger partial charge in [-0.25, -0.2) is 0 Å².